The van der Waals surface area contributed by atoms with Gasteiger partial charge in [-0.2, -0.15) is 0 Å². The number of fused-ring (bicyclic) bond motifs is 1. The quantitative estimate of drug-likeness (QED) is 0.727. The van der Waals surface area contributed by atoms with Gasteiger partial charge < -0.3 is 9.47 Å². The second-order valence-corrected chi connectivity index (χ2v) is 6.41. The van der Waals surface area contributed by atoms with Crippen molar-refractivity contribution >= 4 is 38.9 Å². The van der Waals surface area contributed by atoms with E-state index in [0.717, 1.165) is 9.86 Å². The molecule has 0 saturated heterocycles. The minimum absolute atomic E-state index is 0.375. The van der Waals surface area contributed by atoms with Crippen LogP contribution in [0.3, 0.4) is 0 Å². The lowest BCUT2D eigenvalue weighted by Crippen LogP contribution is -2.26. The first-order valence-electron chi connectivity index (χ1n) is 6.35. The standard InChI is InChI=1S/C15H16BrNO4/c1-15(2,3)21-14(19)17-8-11(16)10-6-5-9(7-12(10)17)13(18)20-4/h5-8H,1-4H3. The topological polar surface area (TPSA) is 57.5 Å². The highest BCUT2D eigenvalue weighted by Crippen LogP contribution is 2.28. The van der Waals surface area contributed by atoms with Gasteiger partial charge in [-0.05, 0) is 48.8 Å². The predicted molar refractivity (Wildman–Crippen MR) is 82.6 cm³/mol. The molecular formula is C15H16BrNO4. The molecule has 1 aromatic heterocycles. The van der Waals surface area contributed by atoms with Crippen LogP contribution in [0.4, 0.5) is 4.79 Å². The van der Waals surface area contributed by atoms with Gasteiger partial charge in [-0.3, -0.25) is 4.57 Å². The summed E-state index contributed by atoms with van der Waals surface area (Å²) in [6.45, 7) is 5.39. The number of methoxy groups -OCH3 is 1. The Labute approximate surface area is 131 Å². The van der Waals surface area contributed by atoms with Crippen LogP contribution in [0.15, 0.2) is 28.9 Å². The molecule has 6 heteroatoms. The molecule has 2 aromatic rings. The van der Waals surface area contributed by atoms with Gasteiger partial charge in [0.2, 0.25) is 0 Å². The number of rotatable bonds is 1. The smallest absolute Gasteiger partial charge is 0.419 e. The minimum Gasteiger partial charge on any atom is -0.465 e. The van der Waals surface area contributed by atoms with Gasteiger partial charge in [0, 0.05) is 16.1 Å². The van der Waals surface area contributed by atoms with Crippen LogP contribution in [0.5, 0.6) is 0 Å². The highest BCUT2D eigenvalue weighted by molar-refractivity contribution is 9.10. The zero-order chi connectivity index (χ0) is 15.8. The van der Waals surface area contributed by atoms with Gasteiger partial charge in [0.25, 0.3) is 0 Å². The molecule has 0 saturated carbocycles. The van der Waals surface area contributed by atoms with E-state index >= 15 is 0 Å². The van der Waals surface area contributed by atoms with Gasteiger partial charge in [-0.15, -0.1) is 0 Å². The largest absolute Gasteiger partial charge is 0.465 e. The number of nitrogens with zero attached hydrogens (tertiary/aromatic N) is 1. The summed E-state index contributed by atoms with van der Waals surface area (Å²) in [5.41, 5.74) is 0.361. The van der Waals surface area contributed by atoms with E-state index in [9.17, 15) is 9.59 Å². The first-order valence-corrected chi connectivity index (χ1v) is 7.14. The molecule has 21 heavy (non-hydrogen) atoms. The molecule has 0 unspecified atom stereocenters. The van der Waals surface area contributed by atoms with Crippen LogP contribution in [0.25, 0.3) is 10.9 Å². The first kappa shape index (κ1) is 15.6. The normalized spacial score (nSPS) is 11.5. The molecule has 0 aliphatic rings. The van der Waals surface area contributed by atoms with E-state index in [1.165, 1.54) is 11.7 Å². The van der Waals surface area contributed by atoms with Crippen molar-refractivity contribution in [2.45, 2.75) is 26.4 Å². The van der Waals surface area contributed by atoms with Crippen LogP contribution >= 0.6 is 15.9 Å². The number of carbonyl (C=O) groups is 2. The van der Waals surface area contributed by atoms with Crippen molar-refractivity contribution in [3.8, 4) is 0 Å². The Morgan fingerprint density at radius 1 is 1.24 bits per heavy atom. The number of hydrogen-bond donors (Lipinski definition) is 0. The van der Waals surface area contributed by atoms with E-state index < -0.39 is 17.7 Å². The third-order valence-electron chi connectivity index (χ3n) is 2.77. The Hall–Kier alpha value is -1.82. The van der Waals surface area contributed by atoms with E-state index in [1.54, 1.807) is 45.2 Å². The Bertz CT molecular complexity index is 712. The predicted octanol–water partition coefficient (Wildman–Crippen LogP) is 3.97. The highest BCUT2D eigenvalue weighted by Gasteiger charge is 2.21. The maximum Gasteiger partial charge on any atom is 0.419 e. The molecule has 0 N–H and O–H groups in total. The van der Waals surface area contributed by atoms with Crippen LogP contribution in [0, 0.1) is 0 Å². The summed E-state index contributed by atoms with van der Waals surface area (Å²) in [5, 5.41) is 0.813. The Balaban J connectivity index is 2.53. The van der Waals surface area contributed by atoms with Gasteiger partial charge in [0.1, 0.15) is 5.60 Å². The molecule has 0 aliphatic carbocycles. The number of esters is 1. The fraction of sp³-hybridized carbons (Fsp3) is 0.333. The zero-order valence-corrected chi connectivity index (χ0v) is 13.9. The van der Waals surface area contributed by atoms with Crippen molar-refractivity contribution in [1.29, 1.82) is 0 Å². The van der Waals surface area contributed by atoms with Crippen LogP contribution in [-0.2, 0) is 9.47 Å². The average Bonchev–Trinajstić information content (AvgIpc) is 2.73. The molecule has 0 fully saturated rings. The van der Waals surface area contributed by atoms with Crippen molar-refractivity contribution in [2.24, 2.45) is 0 Å². The monoisotopic (exact) mass is 353 g/mol. The third kappa shape index (κ3) is 3.26. The number of benzene rings is 1. The van der Waals surface area contributed by atoms with Crippen LogP contribution < -0.4 is 0 Å². The fourth-order valence-electron chi connectivity index (χ4n) is 1.89. The molecular weight excluding hydrogens is 338 g/mol. The van der Waals surface area contributed by atoms with Crippen molar-refractivity contribution in [3.05, 3.63) is 34.4 Å². The summed E-state index contributed by atoms with van der Waals surface area (Å²) in [6, 6.07) is 5.01. The van der Waals surface area contributed by atoms with E-state index in [4.69, 9.17) is 9.47 Å². The number of carbonyl (C=O) groups excluding carboxylic acids is 2. The third-order valence-corrected chi connectivity index (χ3v) is 3.40. The molecule has 1 heterocycles. The number of halogens is 1. The molecule has 0 amide bonds. The summed E-state index contributed by atoms with van der Waals surface area (Å²) >= 11 is 3.40. The Morgan fingerprint density at radius 2 is 1.90 bits per heavy atom. The minimum atomic E-state index is -0.597. The van der Waals surface area contributed by atoms with Gasteiger partial charge in [0.05, 0.1) is 18.2 Å². The SMILES string of the molecule is COC(=O)c1ccc2c(Br)cn(C(=O)OC(C)(C)C)c2c1. The molecule has 0 bridgehead atoms. The van der Waals surface area contributed by atoms with Crippen molar-refractivity contribution in [3.63, 3.8) is 0 Å². The van der Waals surface area contributed by atoms with Crippen LogP contribution in [0.1, 0.15) is 31.1 Å². The van der Waals surface area contributed by atoms with E-state index in [1.807, 2.05) is 0 Å². The Kier molecular flexibility index (Phi) is 4.09. The highest BCUT2D eigenvalue weighted by atomic mass is 79.9. The Morgan fingerprint density at radius 3 is 2.48 bits per heavy atom. The molecule has 1 aromatic carbocycles. The van der Waals surface area contributed by atoms with Crippen LogP contribution in [-0.4, -0.2) is 29.3 Å². The maximum absolute atomic E-state index is 12.2. The summed E-state index contributed by atoms with van der Waals surface area (Å²) in [7, 11) is 1.31. The lowest BCUT2D eigenvalue weighted by molar-refractivity contribution is 0.0541. The van der Waals surface area contributed by atoms with Gasteiger partial charge in [0.15, 0.2) is 0 Å². The fourth-order valence-corrected chi connectivity index (χ4v) is 2.43. The molecule has 0 spiro atoms. The summed E-state index contributed by atoms with van der Waals surface area (Å²) < 4.78 is 12.2. The molecule has 5 nitrogen and oxygen atoms in total. The lowest BCUT2D eigenvalue weighted by atomic mass is 10.1. The van der Waals surface area contributed by atoms with Crippen molar-refractivity contribution in [2.75, 3.05) is 7.11 Å². The van der Waals surface area contributed by atoms with Gasteiger partial charge in [-0.25, -0.2) is 9.59 Å². The molecule has 0 radical (unpaired) electrons. The molecule has 112 valence electrons. The summed E-state index contributed by atoms with van der Waals surface area (Å²) in [5.74, 6) is -0.454. The molecule has 2 rings (SSSR count). The zero-order valence-electron chi connectivity index (χ0n) is 12.3. The average molecular weight is 354 g/mol. The number of aromatic nitrogens is 1. The van der Waals surface area contributed by atoms with Crippen molar-refractivity contribution in [1.82, 2.24) is 4.57 Å². The second kappa shape index (κ2) is 5.52. The molecule has 0 aliphatic heterocycles. The maximum atomic E-state index is 12.2. The van der Waals surface area contributed by atoms with Gasteiger partial charge >= 0.3 is 12.1 Å². The lowest BCUT2D eigenvalue weighted by Gasteiger charge is -2.19. The number of ether oxygens (including phenoxy) is 2. The van der Waals surface area contributed by atoms with E-state index in [0.29, 0.717) is 11.1 Å². The van der Waals surface area contributed by atoms with E-state index in [-0.39, 0.29) is 0 Å². The van der Waals surface area contributed by atoms with E-state index in [2.05, 4.69) is 15.9 Å². The molecule has 0 atom stereocenters. The van der Waals surface area contributed by atoms with Crippen LogP contribution in [0.2, 0.25) is 0 Å². The first-order chi connectivity index (χ1) is 9.73. The summed E-state index contributed by atoms with van der Waals surface area (Å²) in [4.78, 5) is 23.9. The second-order valence-electron chi connectivity index (χ2n) is 5.55. The summed E-state index contributed by atoms with van der Waals surface area (Å²) in [6.07, 6.45) is 1.13. The van der Waals surface area contributed by atoms with Crippen molar-refractivity contribution < 1.29 is 19.1 Å². The number of hydrogen-bond acceptors (Lipinski definition) is 4. The van der Waals surface area contributed by atoms with Gasteiger partial charge in [-0.1, -0.05) is 6.07 Å².